The van der Waals surface area contributed by atoms with Crippen LogP contribution in [-0.2, 0) is 0 Å². The molecule has 2 aromatic carbocycles. The lowest BCUT2D eigenvalue weighted by Gasteiger charge is -2.10. The van der Waals surface area contributed by atoms with Crippen molar-refractivity contribution in [2.75, 3.05) is 11.1 Å². The van der Waals surface area contributed by atoms with Crippen molar-refractivity contribution in [3.05, 3.63) is 40.9 Å². The van der Waals surface area contributed by atoms with Crippen molar-refractivity contribution in [2.45, 2.75) is 0 Å². The average molecular weight is 302 g/mol. The zero-order valence-corrected chi connectivity index (χ0v) is 11.7. The van der Waals surface area contributed by atoms with Crippen LogP contribution in [0.3, 0.4) is 0 Å². The first-order valence-electron chi connectivity index (χ1n) is 5.66. The van der Waals surface area contributed by atoms with E-state index in [1.165, 1.54) is 0 Å². The van der Waals surface area contributed by atoms with Crippen LogP contribution in [0.2, 0.25) is 5.02 Å². The zero-order valence-electron chi connectivity index (χ0n) is 10.1. The number of nitriles is 1. The molecule has 0 spiro atoms. The summed E-state index contributed by atoms with van der Waals surface area (Å²) in [6.07, 6.45) is 0. The van der Waals surface area contributed by atoms with Crippen molar-refractivity contribution < 1.29 is 0 Å². The average Bonchev–Trinajstić information content (AvgIpc) is 2.91. The SMILES string of the molecule is N#Cc1ccc(Nc2c(Cl)ccc3nsnc23)cc1N. The summed E-state index contributed by atoms with van der Waals surface area (Å²) < 4.78 is 8.40. The van der Waals surface area contributed by atoms with Gasteiger partial charge in [0.05, 0.1) is 33.7 Å². The molecule has 20 heavy (non-hydrogen) atoms. The van der Waals surface area contributed by atoms with Crippen molar-refractivity contribution >= 4 is 51.4 Å². The second-order valence-electron chi connectivity index (χ2n) is 4.09. The monoisotopic (exact) mass is 301 g/mol. The van der Waals surface area contributed by atoms with Gasteiger partial charge in [-0.1, -0.05) is 11.6 Å². The van der Waals surface area contributed by atoms with Crippen LogP contribution in [0.1, 0.15) is 5.56 Å². The number of nitrogens with one attached hydrogen (secondary N) is 1. The van der Waals surface area contributed by atoms with E-state index in [4.69, 9.17) is 22.6 Å². The first-order chi connectivity index (χ1) is 9.69. The summed E-state index contributed by atoms with van der Waals surface area (Å²) in [6, 6.07) is 10.7. The third-order valence-corrected chi connectivity index (χ3v) is 3.68. The Morgan fingerprint density at radius 1 is 1.25 bits per heavy atom. The maximum Gasteiger partial charge on any atom is 0.129 e. The molecule has 0 bridgehead atoms. The Morgan fingerprint density at radius 2 is 2.10 bits per heavy atom. The molecular formula is C13H8ClN5S. The molecule has 98 valence electrons. The number of nitrogens with zero attached hydrogens (tertiary/aromatic N) is 3. The van der Waals surface area contributed by atoms with Gasteiger partial charge < -0.3 is 11.1 Å². The number of benzene rings is 2. The van der Waals surface area contributed by atoms with Crippen molar-refractivity contribution in [1.82, 2.24) is 8.75 Å². The largest absolute Gasteiger partial charge is 0.398 e. The molecule has 5 nitrogen and oxygen atoms in total. The van der Waals surface area contributed by atoms with Gasteiger partial charge in [-0.25, -0.2) is 0 Å². The third-order valence-electron chi connectivity index (χ3n) is 2.82. The van der Waals surface area contributed by atoms with E-state index < -0.39 is 0 Å². The third kappa shape index (κ3) is 2.13. The van der Waals surface area contributed by atoms with Gasteiger partial charge in [-0.2, -0.15) is 14.0 Å². The van der Waals surface area contributed by atoms with Crippen molar-refractivity contribution in [1.29, 1.82) is 5.26 Å². The first-order valence-corrected chi connectivity index (χ1v) is 6.77. The molecule has 0 saturated carbocycles. The Balaban J connectivity index is 2.05. The van der Waals surface area contributed by atoms with Crippen LogP contribution in [-0.4, -0.2) is 8.75 Å². The lowest BCUT2D eigenvalue weighted by molar-refractivity contribution is 1.47. The van der Waals surface area contributed by atoms with Crippen LogP contribution >= 0.6 is 23.3 Å². The van der Waals surface area contributed by atoms with E-state index in [0.717, 1.165) is 22.9 Å². The van der Waals surface area contributed by atoms with Crippen molar-refractivity contribution in [3.63, 3.8) is 0 Å². The smallest absolute Gasteiger partial charge is 0.129 e. The number of hydrogen-bond donors (Lipinski definition) is 2. The highest BCUT2D eigenvalue weighted by molar-refractivity contribution is 7.00. The molecule has 0 atom stereocenters. The van der Waals surface area contributed by atoms with Gasteiger partial charge in [-0.15, -0.1) is 0 Å². The number of nitrogens with two attached hydrogens (primary N) is 1. The van der Waals surface area contributed by atoms with Gasteiger partial charge in [-0.05, 0) is 30.3 Å². The van der Waals surface area contributed by atoms with Gasteiger partial charge in [0, 0.05) is 5.69 Å². The lowest BCUT2D eigenvalue weighted by Crippen LogP contribution is -1.96. The minimum Gasteiger partial charge on any atom is -0.398 e. The molecule has 0 saturated heterocycles. The molecular weight excluding hydrogens is 294 g/mol. The maximum atomic E-state index is 8.87. The van der Waals surface area contributed by atoms with E-state index >= 15 is 0 Å². The summed E-state index contributed by atoms with van der Waals surface area (Å²) in [5.74, 6) is 0. The summed E-state index contributed by atoms with van der Waals surface area (Å²) in [7, 11) is 0. The normalized spacial score (nSPS) is 10.4. The fourth-order valence-electron chi connectivity index (χ4n) is 1.83. The highest BCUT2D eigenvalue weighted by atomic mass is 35.5. The molecule has 1 heterocycles. The summed E-state index contributed by atoms with van der Waals surface area (Å²) in [5, 5.41) is 12.6. The second kappa shape index (κ2) is 4.96. The number of fused-ring (bicyclic) bond motifs is 1. The Bertz CT molecular complexity index is 836. The van der Waals surface area contributed by atoms with E-state index in [0.29, 0.717) is 27.5 Å². The van der Waals surface area contributed by atoms with Gasteiger partial charge in [-0.3, -0.25) is 0 Å². The predicted octanol–water partition coefficient (Wildman–Crippen LogP) is 3.54. The topological polar surface area (TPSA) is 87.6 Å². The zero-order chi connectivity index (χ0) is 14.1. The van der Waals surface area contributed by atoms with Crippen LogP contribution in [0.5, 0.6) is 0 Å². The van der Waals surface area contributed by atoms with Gasteiger partial charge in [0.25, 0.3) is 0 Å². The maximum absolute atomic E-state index is 8.87. The number of halogens is 1. The molecule has 7 heteroatoms. The standard InChI is InChI=1S/C13H8ClN5S/c14-9-3-4-11-13(19-20-18-11)12(9)17-8-2-1-7(6-15)10(16)5-8/h1-5,17H,16H2. The van der Waals surface area contributed by atoms with Crippen LogP contribution < -0.4 is 11.1 Å². The number of anilines is 3. The molecule has 0 fully saturated rings. The van der Waals surface area contributed by atoms with E-state index in [9.17, 15) is 0 Å². The van der Waals surface area contributed by atoms with Gasteiger partial charge in [0.1, 0.15) is 17.1 Å². The summed E-state index contributed by atoms with van der Waals surface area (Å²) in [4.78, 5) is 0. The molecule has 0 aliphatic rings. The molecule has 0 amide bonds. The van der Waals surface area contributed by atoms with Crippen molar-refractivity contribution in [2.24, 2.45) is 0 Å². The number of rotatable bonds is 2. The van der Waals surface area contributed by atoms with Crippen molar-refractivity contribution in [3.8, 4) is 6.07 Å². The first kappa shape index (κ1) is 12.7. The molecule has 3 N–H and O–H groups in total. The second-order valence-corrected chi connectivity index (χ2v) is 5.03. The van der Waals surface area contributed by atoms with Crippen LogP contribution in [0.4, 0.5) is 17.1 Å². The Labute approximate surface area is 123 Å². The summed E-state index contributed by atoms with van der Waals surface area (Å²) >= 11 is 7.33. The lowest BCUT2D eigenvalue weighted by atomic mass is 10.1. The molecule has 3 rings (SSSR count). The van der Waals surface area contributed by atoms with Crippen LogP contribution in [0.25, 0.3) is 11.0 Å². The Kier molecular flexibility index (Phi) is 3.14. The minimum absolute atomic E-state index is 0.414. The highest BCUT2D eigenvalue weighted by Crippen LogP contribution is 2.33. The van der Waals surface area contributed by atoms with Gasteiger partial charge in [0.15, 0.2) is 0 Å². The van der Waals surface area contributed by atoms with Gasteiger partial charge in [0.2, 0.25) is 0 Å². The van der Waals surface area contributed by atoms with E-state index in [1.54, 1.807) is 24.3 Å². The number of nitrogen functional groups attached to an aromatic ring is 1. The molecule has 0 aliphatic heterocycles. The fraction of sp³-hybridized carbons (Fsp3) is 0. The quantitative estimate of drug-likeness (QED) is 0.707. The van der Waals surface area contributed by atoms with Gasteiger partial charge >= 0.3 is 0 Å². The molecule has 0 aliphatic carbocycles. The predicted molar refractivity (Wildman–Crippen MR) is 81.3 cm³/mol. The van der Waals surface area contributed by atoms with Crippen LogP contribution in [0, 0.1) is 11.3 Å². The van der Waals surface area contributed by atoms with E-state index in [2.05, 4.69) is 14.1 Å². The van der Waals surface area contributed by atoms with E-state index in [1.807, 2.05) is 12.1 Å². The molecule has 3 aromatic rings. The number of aromatic nitrogens is 2. The van der Waals surface area contributed by atoms with Crippen LogP contribution in [0.15, 0.2) is 30.3 Å². The summed E-state index contributed by atoms with van der Waals surface area (Å²) in [5.41, 5.74) is 9.57. The van der Waals surface area contributed by atoms with E-state index in [-0.39, 0.29) is 0 Å². The minimum atomic E-state index is 0.414. The Hall–Kier alpha value is -2.36. The summed E-state index contributed by atoms with van der Waals surface area (Å²) in [6.45, 7) is 0. The highest BCUT2D eigenvalue weighted by Gasteiger charge is 2.10. The Morgan fingerprint density at radius 3 is 2.85 bits per heavy atom. The molecule has 0 unspecified atom stereocenters. The molecule has 0 radical (unpaired) electrons. The fourth-order valence-corrected chi connectivity index (χ4v) is 2.57. The molecule has 1 aromatic heterocycles. The number of hydrogen-bond acceptors (Lipinski definition) is 6.